The minimum atomic E-state index is -0.403. The van der Waals surface area contributed by atoms with Crippen LogP contribution >= 0.6 is 0 Å². The Morgan fingerprint density at radius 3 is 2.86 bits per heavy atom. The maximum Gasteiger partial charge on any atom is 0.262 e. The van der Waals surface area contributed by atoms with E-state index in [1.54, 1.807) is 12.1 Å². The molecule has 4 nitrogen and oxygen atoms in total. The van der Waals surface area contributed by atoms with E-state index in [4.69, 9.17) is 10.3 Å². The first-order valence-electron chi connectivity index (χ1n) is 4.02. The quantitative estimate of drug-likeness (QED) is 0.749. The molecule has 0 bridgehead atoms. The molecule has 2 aromatic rings. The molecule has 0 atom stereocenters. The number of nitrogens with zero attached hydrogens (tertiary/aromatic N) is 2. The molecule has 0 radical (unpaired) electrons. The molecular weight excluding hydrogens is 185 g/mol. The molecule has 0 aliphatic carbocycles. The zero-order chi connectivity index (χ0) is 10.1. The summed E-state index contributed by atoms with van der Waals surface area (Å²) < 4.78 is 18.1. The molecule has 0 unspecified atom stereocenters. The lowest BCUT2D eigenvalue weighted by molar-refractivity contribution is 0.430. The van der Waals surface area contributed by atoms with Gasteiger partial charge in [0.2, 0.25) is 0 Å². The van der Waals surface area contributed by atoms with Crippen LogP contribution in [0.1, 0.15) is 5.56 Å². The van der Waals surface area contributed by atoms with Gasteiger partial charge in [-0.15, -0.1) is 0 Å². The van der Waals surface area contributed by atoms with Crippen LogP contribution in [0.5, 0.6) is 0 Å². The van der Waals surface area contributed by atoms with E-state index >= 15 is 0 Å². The molecule has 14 heavy (non-hydrogen) atoms. The lowest BCUT2D eigenvalue weighted by Gasteiger charge is -1.97. The van der Waals surface area contributed by atoms with Crippen molar-refractivity contribution in [1.29, 1.82) is 0 Å². The van der Waals surface area contributed by atoms with Gasteiger partial charge in [0.1, 0.15) is 5.82 Å². The minimum Gasteiger partial charge on any atom is -0.365 e. The first-order valence-corrected chi connectivity index (χ1v) is 4.02. The second kappa shape index (κ2) is 3.10. The summed E-state index contributed by atoms with van der Waals surface area (Å²) in [5, 5.41) is 3.39. The molecule has 0 fully saturated rings. The molecule has 1 heterocycles. The van der Waals surface area contributed by atoms with Crippen molar-refractivity contribution >= 4 is 5.95 Å². The first-order chi connectivity index (χ1) is 6.66. The van der Waals surface area contributed by atoms with Crippen molar-refractivity contribution in [3.8, 4) is 11.5 Å². The number of anilines is 1. The van der Waals surface area contributed by atoms with Crippen LogP contribution in [0.25, 0.3) is 11.5 Å². The summed E-state index contributed by atoms with van der Waals surface area (Å²) in [6.07, 6.45) is 0. The number of halogens is 1. The van der Waals surface area contributed by atoms with Crippen LogP contribution in [0.2, 0.25) is 0 Å². The van der Waals surface area contributed by atoms with Crippen LogP contribution in [0, 0.1) is 12.7 Å². The molecule has 5 heteroatoms. The number of rotatable bonds is 1. The maximum absolute atomic E-state index is 13.3. The third kappa shape index (κ3) is 1.44. The molecule has 2 N–H and O–H groups in total. The molecule has 1 aromatic carbocycles. The number of aromatic nitrogens is 2. The molecular formula is C9H8FN3O. The van der Waals surface area contributed by atoms with Gasteiger partial charge < -0.3 is 10.3 Å². The summed E-state index contributed by atoms with van der Waals surface area (Å²) in [5.41, 5.74) is 6.45. The zero-order valence-electron chi connectivity index (χ0n) is 7.49. The number of aryl methyl sites for hydroxylation is 1. The summed E-state index contributed by atoms with van der Waals surface area (Å²) in [5.74, 6) is -0.302. The lowest BCUT2D eigenvalue weighted by Crippen LogP contribution is -1.88. The summed E-state index contributed by atoms with van der Waals surface area (Å²) in [4.78, 5) is 3.74. The second-order valence-corrected chi connectivity index (χ2v) is 2.94. The Bertz CT molecular complexity index is 467. The Balaban J connectivity index is 2.55. The van der Waals surface area contributed by atoms with Gasteiger partial charge in [0, 0.05) is 0 Å². The normalized spacial score (nSPS) is 10.4. The number of benzene rings is 1. The summed E-state index contributed by atoms with van der Waals surface area (Å²) in [7, 11) is 0. The van der Waals surface area contributed by atoms with Gasteiger partial charge >= 0.3 is 0 Å². The van der Waals surface area contributed by atoms with Gasteiger partial charge in [-0.2, -0.15) is 4.98 Å². The predicted molar refractivity (Wildman–Crippen MR) is 48.8 cm³/mol. The Morgan fingerprint density at radius 1 is 1.43 bits per heavy atom. The van der Waals surface area contributed by atoms with Crippen LogP contribution < -0.4 is 5.73 Å². The molecule has 72 valence electrons. The van der Waals surface area contributed by atoms with Crippen molar-refractivity contribution in [2.75, 3.05) is 5.73 Å². The van der Waals surface area contributed by atoms with Crippen LogP contribution in [0.4, 0.5) is 10.3 Å². The van der Waals surface area contributed by atoms with E-state index in [2.05, 4.69) is 10.1 Å². The highest BCUT2D eigenvalue weighted by Crippen LogP contribution is 2.22. The summed E-state index contributed by atoms with van der Waals surface area (Å²) in [6, 6.07) is 4.64. The predicted octanol–water partition coefficient (Wildman–Crippen LogP) is 1.77. The third-order valence-corrected chi connectivity index (χ3v) is 1.79. The Hall–Kier alpha value is -1.91. The van der Waals surface area contributed by atoms with Crippen LogP contribution in [0.15, 0.2) is 22.7 Å². The fraction of sp³-hybridized carbons (Fsp3) is 0.111. The summed E-state index contributed by atoms with van der Waals surface area (Å²) >= 11 is 0. The minimum absolute atomic E-state index is 0.000839. The highest BCUT2D eigenvalue weighted by atomic mass is 19.1. The number of nitrogen functional groups attached to an aromatic ring is 1. The number of hydrogen-bond acceptors (Lipinski definition) is 4. The highest BCUT2D eigenvalue weighted by molar-refractivity contribution is 5.55. The maximum atomic E-state index is 13.3. The van der Waals surface area contributed by atoms with Gasteiger partial charge in [-0.1, -0.05) is 11.6 Å². The molecule has 1 aromatic heterocycles. The van der Waals surface area contributed by atoms with Crippen molar-refractivity contribution in [1.82, 2.24) is 10.1 Å². The Morgan fingerprint density at radius 2 is 2.21 bits per heavy atom. The van der Waals surface area contributed by atoms with E-state index in [0.29, 0.717) is 0 Å². The molecule has 0 amide bonds. The van der Waals surface area contributed by atoms with E-state index in [1.807, 2.05) is 6.92 Å². The van der Waals surface area contributed by atoms with Crippen molar-refractivity contribution in [3.05, 3.63) is 29.6 Å². The topological polar surface area (TPSA) is 64.9 Å². The van der Waals surface area contributed by atoms with Crippen LogP contribution in [-0.4, -0.2) is 10.1 Å². The van der Waals surface area contributed by atoms with E-state index in [-0.39, 0.29) is 17.4 Å². The van der Waals surface area contributed by atoms with E-state index in [0.717, 1.165) is 5.56 Å². The van der Waals surface area contributed by atoms with Crippen molar-refractivity contribution in [2.24, 2.45) is 0 Å². The van der Waals surface area contributed by atoms with E-state index in [1.165, 1.54) is 6.07 Å². The summed E-state index contributed by atoms with van der Waals surface area (Å²) in [6.45, 7) is 1.85. The third-order valence-electron chi connectivity index (χ3n) is 1.79. The average Bonchev–Trinajstić information content (AvgIpc) is 2.56. The van der Waals surface area contributed by atoms with E-state index < -0.39 is 5.82 Å². The second-order valence-electron chi connectivity index (χ2n) is 2.94. The fourth-order valence-corrected chi connectivity index (χ4v) is 1.15. The molecule has 0 aliphatic heterocycles. The van der Waals surface area contributed by atoms with Crippen molar-refractivity contribution in [2.45, 2.75) is 6.92 Å². The van der Waals surface area contributed by atoms with E-state index in [9.17, 15) is 4.39 Å². The monoisotopic (exact) mass is 193 g/mol. The zero-order valence-corrected chi connectivity index (χ0v) is 7.49. The highest BCUT2D eigenvalue weighted by Gasteiger charge is 2.11. The fourth-order valence-electron chi connectivity index (χ4n) is 1.15. The van der Waals surface area contributed by atoms with Crippen LogP contribution in [0.3, 0.4) is 0 Å². The lowest BCUT2D eigenvalue weighted by atomic mass is 10.1. The molecule has 0 saturated heterocycles. The Labute approximate surface area is 79.5 Å². The average molecular weight is 193 g/mol. The SMILES string of the molecule is Cc1ccc(F)c(-c2nc(N)no2)c1. The van der Waals surface area contributed by atoms with Gasteiger partial charge in [0.15, 0.2) is 0 Å². The smallest absolute Gasteiger partial charge is 0.262 e. The Kier molecular flexibility index (Phi) is 1.92. The largest absolute Gasteiger partial charge is 0.365 e. The van der Waals surface area contributed by atoms with Gasteiger partial charge in [-0.05, 0) is 24.2 Å². The standard InChI is InChI=1S/C9H8FN3O/c1-5-2-3-7(10)6(4-5)8-12-9(11)13-14-8/h2-4H,1H3,(H2,11,13). The number of nitrogens with two attached hydrogens (primary N) is 1. The van der Waals surface area contributed by atoms with Gasteiger partial charge in [0.25, 0.3) is 11.8 Å². The first kappa shape index (κ1) is 8.68. The number of hydrogen-bond donors (Lipinski definition) is 1. The molecule has 0 spiro atoms. The molecule has 0 saturated carbocycles. The van der Waals surface area contributed by atoms with Crippen LogP contribution in [-0.2, 0) is 0 Å². The molecule has 0 aliphatic rings. The van der Waals surface area contributed by atoms with Crippen molar-refractivity contribution < 1.29 is 8.91 Å². The van der Waals surface area contributed by atoms with Gasteiger partial charge in [-0.25, -0.2) is 4.39 Å². The van der Waals surface area contributed by atoms with Gasteiger partial charge in [0.05, 0.1) is 5.56 Å². The van der Waals surface area contributed by atoms with Gasteiger partial charge in [-0.3, -0.25) is 0 Å². The molecule has 2 rings (SSSR count). The van der Waals surface area contributed by atoms with Crippen molar-refractivity contribution in [3.63, 3.8) is 0 Å².